The van der Waals surface area contributed by atoms with Crippen LogP contribution in [0.25, 0.3) is 0 Å². The number of rotatable bonds is 6. The van der Waals surface area contributed by atoms with Crippen LogP contribution in [0.5, 0.6) is 0 Å². The van der Waals surface area contributed by atoms with Gasteiger partial charge in [0.15, 0.2) is 0 Å². The molecule has 0 aliphatic rings. The summed E-state index contributed by atoms with van der Waals surface area (Å²) in [7, 11) is 0. The van der Waals surface area contributed by atoms with Gasteiger partial charge >= 0.3 is 0 Å². The first-order valence-electron chi connectivity index (χ1n) is 5.94. The van der Waals surface area contributed by atoms with E-state index in [0.29, 0.717) is 6.54 Å². The van der Waals surface area contributed by atoms with Gasteiger partial charge in [0.1, 0.15) is 0 Å². The van der Waals surface area contributed by atoms with E-state index in [1.54, 1.807) is 0 Å². The molecule has 0 aliphatic heterocycles. The summed E-state index contributed by atoms with van der Waals surface area (Å²) in [5.41, 5.74) is 0.757. The predicted octanol–water partition coefficient (Wildman–Crippen LogP) is 2.78. The highest BCUT2D eigenvalue weighted by molar-refractivity contribution is 14.1. The van der Waals surface area contributed by atoms with E-state index < -0.39 is 0 Å². The normalized spacial score (nSPS) is 10.0. The molecule has 18 heavy (non-hydrogen) atoms. The van der Waals surface area contributed by atoms with Crippen molar-refractivity contribution in [3.63, 3.8) is 0 Å². The Kier molecular flexibility index (Phi) is 9.40. The van der Waals surface area contributed by atoms with Crippen molar-refractivity contribution in [2.75, 3.05) is 26.2 Å². The summed E-state index contributed by atoms with van der Waals surface area (Å²) in [5, 5.41) is 2.95. The first-order valence-corrected chi connectivity index (χ1v) is 7.02. The number of nitrogens with zero attached hydrogens (tertiary/aromatic N) is 1. The minimum atomic E-state index is 0. The topological polar surface area (TPSA) is 32.3 Å². The van der Waals surface area contributed by atoms with Crippen LogP contribution in [0, 0.1) is 3.57 Å². The lowest BCUT2D eigenvalue weighted by Gasteiger charge is -2.18. The summed E-state index contributed by atoms with van der Waals surface area (Å²) in [6, 6.07) is 7.63. The summed E-state index contributed by atoms with van der Waals surface area (Å²) >= 11 is 2.18. The Morgan fingerprint density at radius 1 is 1.28 bits per heavy atom. The zero-order chi connectivity index (χ0) is 12.7. The number of amides is 1. The van der Waals surface area contributed by atoms with Gasteiger partial charge in [0.05, 0.1) is 5.56 Å². The van der Waals surface area contributed by atoms with E-state index in [-0.39, 0.29) is 18.3 Å². The van der Waals surface area contributed by atoms with Crippen molar-refractivity contribution in [1.29, 1.82) is 0 Å². The lowest BCUT2D eigenvalue weighted by molar-refractivity contribution is 0.0948. The maximum atomic E-state index is 11.9. The van der Waals surface area contributed by atoms with E-state index in [0.717, 1.165) is 28.8 Å². The smallest absolute Gasteiger partial charge is 0.252 e. The third-order valence-electron chi connectivity index (χ3n) is 2.73. The Bertz CT molecular complexity index is 370. The lowest BCUT2D eigenvalue weighted by atomic mass is 10.2. The molecule has 0 heterocycles. The first-order chi connectivity index (χ1) is 8.19. The number of nitrogens with one attached hydrogen (secondary N) is 1. The summed E-state index contributed by atoms with van der Waals surface area (Å²) in [4.78, 5) is 14.2. The standard InChI is InChI=1S/C13H19IN2O.ClH/c1-3-16(4-2)10-9-15-13(17)11-7-5-6-8-12(11)14;/h5-8H,3-4,9-10H2,1-2H3,(H,15,17);1H. The largest absolute Gasteiger partial charge is 0.351 e. The predicted molar refractivity (Wildman–Crippen MR) is 86.5 cm³/mol. The second-order valence-corrected chi connectivity index (χ2v) is 4.92. The molecule has 0 bridgehead atoms. The minimum Gasteiger partial charge on any atom is -0.351 e. The molecule has 3 nitrogen and oxygen atoms in total. The van der Waals surface area contributed by atoms with Crippen LogP contribution in [0.1, 0.15) is 24.2 Å². The van der Waals surface area contributed by atoms with Crippen molar-refractivity contribution >= 4 is 40.9 Å². The number of hydrogen-bond donors (Lipinski definition) is 1. The molecule has 0 saturated carbocycles. The molecule has 1 N–H and O–H groups in total. The average molecular weight is 383 g/mol. The molecule has 0 atom stereocenters. The number of benzene rings is 1. The van der Waals surface area contributed by atoms with Gasteiger partial charge in [0.25, 0.3) is 5.91 Å². The highest BCUT2D eigenvalue weighted by atomic mass is 127. The van der Waals surface area contributed by atoms with Crippen molar-refractivity contribution in [3.8, 4) is 0 Å². The number of carbonyl (C=O) groups excluding carboxylic acids is 1. The molecule has 0 aliphatic carbocycles. The number of carbonyl (C=O) groups is 1. The van der Waals surface area contributed by atoms with Crippen molar-refractivity contribution in [3.05, 3.63) is 33.4 Å². The van der Waals surface area contributed by atoms with Gasteiger partial charge in [0.2, 0.25) is 0 Å². The second-order valence-electron chi connectivity index (χ2n) is 3.76. The Morgan fingerprint density at radius 2 is 1.89 bits per heavy atom. The van der Waals surface area contributed by atoms with Gasteiger partial charge in [-0.2, -0.15) is 0 Å². The number of hydrogen-bond acceptors (Lipinski definition) is 2. The van der Waals surface area contributed by atoms with Crippen LogP contribution in [0.4, 0.5) is 0 Å². The molecule has 0 fully saturated rings. The van der Waals surface area contributed by atoms with Crippen molar-refractivity contribution in [2.24, 2.45) is 0 Å². The van der Waals surface area contributed by atoms with E-state index in [2.05, 4.69) is 46.7 Å². The molecule has 0 spiro atoms. The lowest BCUT2D eigenvalue weighted by Crippen LogP contribution is -2.35. The van der Waals surface area contributed by atoms with E-state index in [1.807, 2.05) is 24.3 Å². The first kappa shape index (κ1) is 17.7. The Hall–Kier alpha value is -0.330. The maximum absolute atomic E-state index is 11.9. The Balaban J connectivity index is 0.00000289. The molecule has 1 amide bonds. The number of likely N-dealkylation sites (N-methyl/N-ethyl adjacent to an activating group) is 1. The van der Waals surface area contributed by atoms with E-state index >= 15 is 0 Å². The van der Waals surface area contributed by atoms with Gasteiger partial charge in [-0.05, 0) is 47.8 Å². The van der Waals surface area contributed by atoms with Gasteiger partial charge < -0.3 is 10.2 Å². The van der Waals surface area contributed by atoms with Crippen molar-refractivity contribution in [2.45, 2.75) is 13.8 Å². The SMILES string of the molecule is CCN(CC)CCNC(=O)c1ccccc1I.Cl. The second kappa shape index (κ2) is 9.58. The van der Waals surface area contributed by atoms with Crippen LogP contribution in [0.15, 0.2) is 24.3 Å². The Morgan fingerprint density at radius 3 is 2.44 bits per heavy atom. The fourth-order valence-corrected chi connectivity index (χ4v) is 2.24. The van der Waals surface area contributed by atoms with Crippen LogP contribution in [-0.2, 0) is 0 Å². The molecule has 1 rings (SSSR count). The molecule has 102 valence electrons. The van der Waals surface area contributed by atoms with Crippen LogP contribution in [0.3, 0.4) is 0 Å². The maximum Gasteiger partial charge on any atom is 0.252 e. The molecule has 0 saturated heterocycles. The summed E-state index contributed by atoms with van der Waals surface area (Å²) in [5.74, 6) is 0.0159. The average Bonchev–Trinajstić information content (AvgIpc) is 2.35. The summed E-state index contributed by atoms with van der Waals surface area (Å²) in [6.45, 7) is 7.91. The Labute approximate surface area is 129 Å². The van der Waals surface area contributed by atoms with E-state index in [4.69, 9.17) is 0 Å². The van der Waals surface area contributed by atoms with Gasteiger partial charge in [-0.3, -0.25) is 4.79 Å². The zero-order valence-corrected chi connectivity index (χ0v) is 13.8. The van der Waals surface area contributed by atoms with Gasteiger partial charge in [-0.25, -0.2) is 0 Å². The van der Waals surface area contributed by atoms with Crippen LogP contribution in [0.2, 0.25) is 0 Å². The number of halogens is 2. The molecular formula is C13H20ClIN2O. The summed E-state index contributed by atoms with van der Waals surface area (Å²) < 4.78 is 0.991. The molecular weight excluding hydrogens is 363 g/mol. The van der Waals surface area contributed by atoms with Crippen molar-refractivity contribution in [1.82, 2.24) is 10.2 Å². The van der Waals surface area contributed by atoms with Crippen LogP contribution >= 0.6 is 35.0 Å². The van der Waals surface area contributed by atoms with E-state index in [1.165, 1.54) is 0 Å². The zero-order valence-electron chi connectivity index (χ0n) is 10.8. The highest BCUT2D eigenvalue weighted by Crippen LogP contribution is 2.10. The monoisotopic (exact) mass is 382 g/mol. The van der Waals surface area contributed by atoms with Gasteiger partial charge in [-0.15, -0.1) is 12.4 Å². The molecule has 0 aromatic heterocycles. The third kappa shape index (κ3) is 5.54. The van der Waals surface area contributed by atoms with Crippen molar-refractivity contribution < 1.29 is 4.79 Å². The van der Waals surface area contributed by atoms with Crippen LogP contribution < -0.4 is 5.32 Å². The molecule has 1 aromatic rings. The minimum absolute atomic E-state index is 0. The quantitative estimate of drug-likeness (QED) is 0.767. The van der Waals surface area contributed by atoms with Crippen LogP contribution in [-0.4, -0.2) is 37.0 Å². The molecule has 1 aromatic carbocycles. The molecule has 5 heteroatoms. The summed E-state index contributed by atoms with van der Waals surface area (Å²) in [6.07, 6.45) is 0. The fourth-order valence-electron chi connectivity index (χ4n) is 1.61. The van der Waals surface area contributed by atoms with E-state index in [9.17, 15) is 4.79 Å². The third-order valence-corrected chi connectivity index (χ3v) is 3.67. The molecule has 0 unspecified atom stereocenters. The fraction of sp³-hybridized carbons (Fsp3) is 0.462. The molecule has 0 radical (unpaired) electrons. The van der Waals surface area contributed by atoms with Gasteiger partial charge in [-0.1, -0.05) is 26.0 Å². The van der Waals surface area contributed by atoms with Gasteiger partial charge in [0, 0.05) is 16.7 Å². The highest BCUT2D eigenvalue weighted by Gasteiger charge is 2.08.